The lowest BCUT2D eigenvalue weighted by molar-refractivity contribution is -0.138. The van der Waals surface area contributed by atoms with Crippen LogP contribution in [0.2, 0.25) is 0 Å². The average molecular weight is 384 g/mol. The van der Waals surface area contributed by atoms with Gasteiger partial charge in [0.15, 0.2) is 11.5 Å². The van der Waals surface area contributed by atoms with Gasteiger partial charge in [-0.05, 0) is 41.8 Å². The summed E-state index contributed by atoms with van der Waals surface area (Å²) < 4.78 is 21.6. The Kier molecular flexibility index (Phi) is 4.77. The van der Waals surface area contributed by atoms with E-state index >= 15 is 0 Å². The molecule has 7 heteroatoms. The number of hydrogen-bond acceptors (Lipinski definition) is 6. The van der Waals surface area contributed by atoms with E-state index < -0.39 is 5.41 Å². The van der Waals surface area contributed by atoms with Crippen LogP contribution in [0.5, 0.6) is 23.0 Å². The number of nitrogens with two attached hydrogens (primary N) is 1. The first kappa shape index (κ1) is 18.4. The van der Waals surface area contributed by atoms with Crippen LogP contribution in [0.1, 0.15) is 11.1 Å². The minimum absolute atomic E-state index is 0.199. The third-order valence-electron chi connectivity index (χ3n) is 5.38. The highest BCUT2D eigenvalue weighted by molar-refractivity contribution is 5.83. The van der Waals surface area contributed by atoms with Gasteiger partial charge in [0.25, 0.3) is 0 Å². The van der Waals surface area contributed by atoms with Gasteiger partial charge in [-0.15, -0.1) is 0 Å². The molecule has 0 saturated carbocycles. The van der Waals surface area contributed by atoms with Crippen molar-refractivity contribution >= 4 is 5.91 Å². The molecular weight excluding hydrogens is 360 g/mol. The summed E-state index contributed by atoms with van der Waals surface area (Å²) >= 11 is 0. The molecule has 0 aromatic heterocycles. The predicted molar refractivity (Wildman–Crippen MR) is 103 cm³/mol. The Morgan fingerprint density at radius 2 is 1.96 bits per heavy atom. The molecule has 0 unspecified atom stereocenters. The monoisotopic (exact) mass is 384 g/mol. The molecule has 4 rings (SSSR count). The van der Waals surface area contributed by atoms with Crippen molar-refractivity contribution in [3.8, 4) is 23.0 Å². The number of carbonyl (C=O) groups is 1. The quantitative estimate of drug-likeness (QED) is 0.786. The third-order valence-corrected chi connectivity index (χ3v) is 5.38. The van der Waals surface area contributed by atoms with E-state index in [1.54, 1.807) is 14.2 Å². The first-order valence-corrected chi connectivity index (χ1v) is 9.15. The molecule has 2 aromatic carbocycles. The van der Waals surface area contributed by atoms with Gasteiger partial charge in [0.05, 0.1) is 19.6 Å². The number of carbonyl (C=O) groups excluding carboxylic acids is 1. The van der Waals surface area contributed by atoms with Crippen molar-refractivity contribution < 1.29 is 23.7 Å². The van der Waals surface area contributed by atoms with Crippen molar-refractivity contribution in [2.45, 2.75) is 13.0 Å². The van der Waals surface area contributed by atoms with Gasteiger partial charge >= 0.3 is 0 Å². The molecule has 0 bridgehead atoms. The lowest BCUT2D eigenvalue weighted by atomic mass is 9.74. The standard InChI is InChI=1S/C21H24N2O5/c1-25-16-5-3-4-14(6-16)9-21(20(22)24)11-23(12-21)10-15-7-17(26-2)19-18(8-15)27-13-28-19/h3-8H,9-13H2,1-2H3,(H2,22,24). The fourth-order valence-electron chi connectivity index (χ4n) is 3.98. The molecule has 0 spiro atoms. The number of likely N-dealkylation sites (tertiary alicyclic amines) is 1. The van der Waals surface area contributed by atoms with Gasteiger partial charge in [0.1, 0.15) is 5.75 Å². The number of ether oxygens (including phenoxy) is 4. The number of methoxy groups -OCH3 is 2. The maximum Gasteiger partial charge on any atom is 0.231 e. The highest BCUT2D eigenvalue weighted by atomic mass is 16.7. The number of benzene rings is 2. The maximum atomic E-state index is 12.2. The number of fused-ring (bicyclic) bond motifs is 1. The third kappa shape index (κ3) is 3.33. The molecule has 0 aliphatic carbocycles. The van der Waals surface area contributed by atoms with Gasteiger partial charge in [0, 0.05) is 19.6 Å². The van der Waals surface area contributed by atoms with E-state index in [2.05, 4.69) is 4.90 Å². The van der Waals surface area contributed by atoms with Crippen LogP contribution in [0, 0.1) is 5.41 Å². The lowest BCUT2D eigenvalue weighted by Gasteiger charge is -2.48. The van der Waals surface area contributed by atoms with Crippen molar-refractivity contribution in [3.63, 3.8) is 0 Å². The van der Waals surface area contributed by atoms with Gasteiger partial charge in [-0.3, -0.25) is 9.69 Å². The molecule has 2 N–H and O–H groups in total. The average Bonchev–Trinajstić information content (AvgIpc) is 3.14. The first-order valence-electron chi connectivity index (χ1n) is 9.15. The Morgan fingerprint density at radius 3 is 2.68 bits per heavy atom. The summed E-state index contributed by atoms with van der Waals surface area (Å²) in [6, 6.07) is 11.7. The number of hydrogen-bond donors (Lipinski definition) is 1. The summed E-state index contributed by atoms with van der Waals surface area (Å²) in [4.78, 5) is 14.4. The van der Waals surface area contributed by atoms with Crippen LogP contribution in [0.4, 0.5) is 0 Å². The molecule has 148 valence electrons. The molecule has 2 aromatic rings. The Bertz CT molecular complexity index is 892. The van der Waals surface area contributed by atoms with E-state index in [-0.39, 0.29) is 12.7 Å². The topological polar surface area (TPSA) is 83.3 Å². The summed E-state index contributed by atoms with van der Waals surface area (Å²) in [6.45, 7) is 2.09. The minimum atomic E-state index is -0.563. The van der Waals surface area contributed by atoms with E-state index in [1.807, 2.05) is 36.4 Å². The van der Waals surface area contributed by atoms with Crippen LogP contribution in [0.15, 0.2) is 36.4 Å². The van der Waals surface area contributed by atoms with Gasteiger partial charge in [-0.2, -0.15) is 0 Å². The van der Waals surface area contributed by atoms with E-state index in [9.17, 15) is 4.79 Å². The molecule has 7 nitrogen and oxygen atoms in total. The van der Waals surface area contributed by atoms with Crippen molar-refractivity contribution in [1.82, 2.24) is 4.90 Å². The number of nitrogens with zero attached hydrogens (tertiary/aromatic N) is 1. The second kappa shape index (κ2) is 7.24. The molecule has 2 heterocycles. The molecule has 1 saturated heterocycles. The first-order chi connectivity index (χ1) is 13.5. The molecule has 2 aliphatic rings. The Hall–Kier alpha value is -2.93. The van der Waals surface area contributed by atoms with Crippen molar-refractivity contribution in [2.75, 3.05) is 34.1 Å². The van der Waals surface area contributed by atoms with Gasteiger partial charge in [0.2, 0.25) is 18.4 Å². The highest BCUT2D eigenvalue weighted by Crippen LogP contribution is 2.43. The normalized spacial score (nSPS) is 17.1. The van der Waals surface area contributed by atoms with Crippen LogP contribution < -0.4 is 24.7 Å². The summed E-state index contributed by atoms with van der Waals surface area (Å²) in [6.07, 6.45) is 0.598. The zero-order valence-corrected chi connectivity index (χ0v) is 16.1. The largest absolute Gasteiger partial charge is 0.497 e. The fourth-order valence-corrected chi connectivity index (χ4v) is 3.98. The predicted octanol–water partition coefficient (Wildman–Crippen LogP) is 1.96. The molecular formula is C21H24N2O5. The second-order valence-corrected chi connectivity index (χ2v) is 7.35. The summed E-state index contributed by atoms with van der Waals surface area (Å²) in [7, 11) is 3.24. The Balaban J connectivity index is 1.46. The zero-order chi connectivity index (χ0) is 19.7. The van der Waals surface area contributed by atoms with Crippen LogP contribution in [0.3, 0.4) is 0 Å². The Labute approximate surface area is 163 Å². The highest BCUT2D eigenvalue weighted by Gasteiger charge is 2.47. The van der Waals surface area contributed by atoms with Crippen molar-refractivity contribution in [3.05, 3.63) is 47.5 Å². The van der Waals surface area contributed by atoms with E-state index in [1.165, 1.54) is 0 Å². The van der Waals surface area contributed by atoms with E-state index in [0.717, 1.165) is 16.9 Å². The van der Waals surface area contributed by atoms with Crippen molar-refractivity contribution in [1.29, 1.82) is 0 Å². The van der Waals surface area contributed by atoms with E-state index in [0.29, 0.717) is 43.3 Å². The fraction of sp³-hybridized carbons (Fsp3) is 0.381. The van der Waals surface area contributed by atoms with Crippen LogP contribution in [-0.4, -0.2) is 44.9 Å². The SMILES string of the molecule is COc1cccc(CC2(C(N)=O)CN(Cc3cc(OC)c4c(c3)OCO4)C2)c1. The molecule has 0 radical (unpaired) electrons. The summed E-state index contributed by atoms with van der Waals surface area (Å²) in [5, 5.41) is 0. The number of rotatable bonds is 7. The van der Waals surface area contributed by atoms with Crippen molar-refractivity contribution in [2.24, 2.45) is 11.1 Å². The second-order valence-electron chi connectivity index (χ2n) is 7.35. The van der Waals surface area contributed by atoms with Gasteiger partial charge in [-0.25, -0.2) is 0 Å². The molecule has 28 heavy (non-hydrogen) atoms. The maximum absolute atomic E-state index is 12.2. The summed E-state index contributed by atoms with van der Waals surface area (Å²) in [5.74, 6) is 2.49. The zero-order valence-electron chi connectivity index (χ0n) is 16.1. The molecule has 0 atom stereocenters. The molecule has 1 fully saturated rings. The van der Waals surface area contributed by atoms with Gasteiger partial charge in [-0.1, -0.05) is 12.1 Å². The molecule has 1 amide bonds. The minimum Gasteiger partial charge on any atom is -0.497 e. The smallest absolute Gasteiger partial charge is 0.231 e. The number of amides is 1. The Morgan fingerprint density at radius 1 is 1.14 bits per heavy atom. The van der Waals surface area contributed by atoms with Crippen LogP contribution >= 0.6 is 0 Å². The number of primary amides is 1. The van der Waals surface area contributed by atoms with E-state index in [4.69, 9.17) is 24.7 Å². The van der Waals surface area contributed by atoms with Gasteiger partial charge < -0.3 is 24.7 Å². The lowest BCUT2D eigenvalue weighted by Crippen LogP contribution is -2.62. The van der Waals surface area contributed by atoms with Crippen LogP contribution in [0.25, 0.3) is 0 Å². The van der Waals surface area contributed by atoms with Crippen LogP contribution in [-0.2, 0) is 17.8 Å². The summed E-state index contributed by atoms with van der Waals surface area (Å²) in [5.41, 5.74) is 7.30. The molecule has 2 aliphatic heterocycles.